The molecule has 2 heterocycles. The number of rotatable bonds is 5. The van der Waals surface area contributed by atoms with Crippen LogP contribution in [0.4, 0.5) is 18.9 Å². The first-order valence-corrected chi connectivity index (χ1v) is 10.7. The number of anilines is 1. The molecular formula is C23H25F3N4O6. The minimum atomic E-state index is -5.08. The molecule has 3 N–H and O–H groups in total. The Morgan fingerprint density at radius 1 is 1.06 bits per heavy atom. The van der Waals surface area contributed by atoms with E-state index in [9.17, 15) is 27.6 Å². The van der Waals surface area contributed by atoms with Gasteiger partial charge in [0.25, 0.3) is 11.8 Å². The van der Waals surface area contributed by atoms with Crippen LogP contribution in [0.3, 0.4) is 0 Å². The van der Waals surface area contributed by atoms with Crippen LogP contribution in [0, 0.1) is 0 Å². The Hall–Kier alpha value is -4.00. The van der Waals surface area contributed by atoms with Crippen LogP contribution in [-0.2, 0) is 4.79 Å². The number of likely N-dealkylation sites (tertiary alicyclic amines) is 1. The molecule has 1 aromatic heterocycles. The fourth-order valence-electron chi connectivity index (χ4n) is 3.37. The second-order valence-corrected chi connectivity index (χ2v) is 8.05. The zero-order chi connectivity index (χ0) is 27.0. The van der Waals surface area contributed by atoms with Gasteiger partial charge in [-0.15, -0.1) is 0 Å². The number of carboxylic acids is 2. The van der Waals surface area contributed by atoms with Gasteiger partial charge in [0.05, 0.1) is 5.56 Å². The lowest BCUT2D eigenvalue weighted by atomic mass is 10.0. The van der Waals surface area contributed by atoms with Crippen LogP contribution >= 0.6 is 0 Å². The van der Waals surface area contributed by atoms with Crippen molar-refractivity contribution >= 4 is 29.4 Å². The largest absolute Gasteiger partial charge is 0.490 e. The van der Waals surface area contributed by atoms with Gasteiger partial charge in [0.15, 0.2) is 0 Å². The number of carbonyl (C=O) groups excluding carboxylic acids is 2. The molecule has 2 aromatic rings. The van der Waals surface area contributed by atoms with Crippen LogP contribution in [0.25, 0.3) is 0 Å². The summed E-state index contributed by atoms with van der Waals surface area (Å²) in [6.07, 6.45) is -1.88. The van der Waals surface area contributed by atoms with Crippen molar-refractivity contribution in [2.75, 3.05) is 32.5 Å². The lowest BCUT2D eigenvalue weighted by molar-refractivity contribution is -0.192. The van der Waals surface area contributed by atoms with Crippen molar-refractivity contribution in [2.45, 2.75) is 25.1 Å². The van der Waals surface area contributed by atoms with E-state index in [0.717, 1.165) is 32.1 Å². The summed E-state index contributed by atoms with van der Waals surface area (Å²) in [7, 11) is 3.89. The Balaban J connectivity index is 0.000000572. The van der Waals surface area contributed by atoms with Crippen LogP contribution in [0.15, 0.2) is 42.6 Å². The number of amides is 2. The highest BCUT2D eigenvalue weighted by molar-refractivity contribution is 6.03. The number of piperidine rings is 1. The van der Waals surface area contributed by atoms with E-state index in [-0.39, 0.29) is 23.2 Å². The molecule has 1 atom stereocenters. The number of aromatic nitrogens is 1. The highest BCUT2D eigenvalue weighted by Crippen LogP contribution is 2.18. The van der Waals surface area contributed by atoms with E-state index in [1.165, 1.54) is 12.1 Å². The van der Waals surface area contributed by atoms with Gasteiger partial charge < -0.3 is 25.3 Å². The number of nitrogens with one attached hydrogen (secondary N) is 1. The predicted molar refractivity (Wildman–Crippen MR) is 122 cm³/mol. The minimum absolute atomic E-state index is 0.0118. The summed E-state index contributed by atoms with van der Waals surface area (Å²) in [5.41, 5.74) is 1.20. The first-order valence-electron chi connectivity index (χ1n) is 10.7. The van der Waals surface area contributed by atoms with E-state index in [4.69, 9.17) is 15.0 Å². The maximum atomic E-state index is 12.8. The Kier molecular flexibility index (Phi) is 9.50. The summed E-state index contributed by atoms with van der Waals surface area (Å²) >= 11 is 0. The lowest BCUT2D eigenvalue weighted by Crippen LogP contribution is -2.47. The average molecular weight is 510 g/mol. The second kappa shape index (κ2) is 12.1. The van der Waals surface area contributed by atoms with Gasteiger partial charge in [-0.3, -0.25) is 14.6 Å². The van der Waals surface area contributed by atoms with E-state index < -0.39 is 24.0 Å². The number of likely N-dealkylation sites (N-methyl/N-ethyl adjacent to an activating group) is 2. The summed E-state index contributed by atoms with van der Waals surface area (Å²) in [4.78, 5) is 52.6. The van der Waals surface area contributed by atoms with Gasteiger partial charge in [-0.05, 0) is 62.8 Å². The topological polar surface area (TPSA) is 140 Å². The van der Waals surface area contributed by atoms with E-state index in [2.05, 4.69) is 22.2 Å². The lowest BCUT2D eigenvalue weighted by Gasteiger charge is -2.35. The first kappa shape index (κ1) is 28.2. The number of alkyl halides is 3. The third kappa shape index (κ3) is 8.05. The molecule has 36 heavy (non-hydrogen) atoms. The van der Waals surface area contributed by atoms with Crippen molar-refractivity contribution in [2.24, 2.45) is 0 Å². The van der Waals surface area contributed by atoms with Crippen LogP contribution in [0.1, 0.15) is 44.0 Å². The van der Waals surface area contributed by atoms with E-state index in [1.807, 2.05) is 7.05 Å². The Morgan fingerprint density at radius 3 is 2.11 bits per heavy atom. The van der Waals surface area contributed by atoms with Crippen LogP contribution in [0.5, 0.6) is 0 Å². The summed E-state index contributed by atoms with van der Waals surface area (Å²) < 4.78 is 31.7. The summed E-state index contributed by atoms with van der Waals surface area (Å²) in [5.74, 6) is -4.36. The van der Waals surface area contributed by atoms with Gasteiger partial charge in [0.2, 0.25) is 0 Å². The molecule has 10 nitrogen and oxygen atoms in total. The Bertz CT molecular complexity index is 1090. The normalized spacial score (nSPS) is 15.8. The molecule has 1 aliphatic heterocycles. The molecule has 1 fully saturated rings. The van der Waals surface area contributed by atoms with Crippen LogP contribution in [0.2, 0.25) is 0 Å². The Morgan fingerprint density at radius 2 is 1.64 bits per heavy atom. The summed E-state index contributed by atoms with van der Waals surface area (Å²) in [5, 5.41) is 18.7. The van der Waals surface area contributed by atoms with Gasteiger partial charge in [-0.1, -0.05) is 0 Å². The third-order valence-electron chi connectivity index (χ3n) is 5.34. The molecule has 13 heteroatoms. The minimum Gasteiger partial charge on any atom is -0.478 e. The average Bonchev–Trinajstić information content (AvgIpc) is 2.83. The van der Waals surface area contributed by atoms with Crippen LogP contribution < -0.4 is 5.32 Å². The quantitative estimate of drug-likeness (QED) is 0.558. The molecule has 1 saturated heterocycles. The Labute approximate surface area is 204 Å². The fraction of sp³-hybridized carbons (Fsp3) is 0.348. The molecule has 0 saturated carbocycles. The molecule has 0 aliphatic carbocycles. The summed E-state index contributed by atoms with van der Waals surface area (Å²) in [6.45, 7) is 1.92. The molecule has 0 radical (unpaired) electrons. The number of hydrogen-bond donors (Lipinski definition) is 3. The second-order valence-electron chi connectivity index (χ2n) is 8.05. The maximum absolute atomic E-state index is 12.8. The number of halogens is 3. The predicted octanol–water partition coefficient (Wildman–Crippen LogP) is 2.83. The first-order chi connectivity index (χ1) is 16.8. The standard InChI is InChI=1S/C21H24N4O4.C2HF3O2/c1-24-11-3-4-17(13-24)25(2)20(27)14-5-8-16(9-6-14)23-19(26)18-10-7-15(12-22-18)21(28)29;3-2(4,5)1(6)7/h5-10,12,17H,3-4,11,13H2,1-2H3,(H,23,26)(H,28,29);(H,6,7). The van der Waals surface area contributed by atoms with Gasteiger partial charge in [0, 0.05) is 37.1 Å². The number of carbonyl (C=O) groups is 4. The van der Waals surface area contributed by atoms with Crippen molar-refractivity contribution in [1.29, 1.82) is 0 Å². The molecule has 0 bridgehead atoms. The zero-order valence-corrected chi connectivity index (χ0v) is 19.5. The number of carboxylic acid groups (broad SMARTS) is 2. The molecule has 2 amide bonds. The van der Waals surface area contributed by atoms with Crippen LogP contribution in [-0.4, -0.2) is 88.2 Å². The van der Waals surface area contributed by atoms with Crippen molar-refractivity contribution in [3.63, 3.8) is 0 Å². The number of aliphatic carboxylic acids is 1. The van der Waals surface area contributed by atoms with Crippen molar-refractivity contribution in [3.8, 4) is 0 Å². The molecule has 1 unspecified atom stereocenters. The van der Waals surface area contributed by atoms with Gasteiger partial charge in [-0.2, -0.15) is 13.2 Å². The van der Waals surface area contributed by atoms with E-state index >= 15 is 0 Å². The molecule has 1 aromatic carbocycles. The van der Waals surface area contributed by atoms with E-state index in [1.54, 1.807) is 29.2 Å². The van der Waals surface area contributed by atoms with Crippen molar-refractivity contribution in [1.82, 2.24) is 14.8 Å². The molecule has 194 valence electrons. The number of nitrogens with zero attached hydrogens (tertiary/aromatic N) is 3. The van der Waals surface area contributed by atoms with Gasteiger partial charge in [-0.25, -0.2) is 9.59 Å². The molecular weight excluding hydrogens is 485 g/mol. The summed E-state index contributed by atoms with van der Waals surface area (Å²) in [6, 6.07) is 9.57. The van der Waals surface area contributed by atoms with E-state index in [0.29, 0.717) is 11.3 Å². The number of pyridine rings is 1. The van der Waals surface area contributed by atoms with Gasteiger partial charge in [0.1, 0.15) is 5.69 Å². The number of aromatic carboxylic acids is 1. The fourth-order valence-corrected chi connectivity index (χ4v) is 3.37. The molecule has 3 rings (SSSR count). The number of hydrogen-bond acceptors (Lipinski definition) is 6. The monoisotopic (exact) mass is 510 g/mol. The zero-order valence-electron chi connectivity index (χ0n) is 19.5. The SMILES string of the molecule is CN1CCCC(N(C)C(=O)c2ccc(NC(=O)c3ccc(C(=O)O)cn3)cc2)C1.O=C(O)C(F)(F)F. The molecule has 0 spiro atoms. The van der Waals surface area contributed by atoms with Crippen molar-refractivity contribution < 1.29 is 42.6 Å². The maximum Gasteiger partial charge on any atom is 0.490 e. The highest BCUT2D eigenvalue weighted by Gasteiger charge is 2.38. The van der Waals surface area contributed by atoms with Crippen molar-refractivity contribution in [3.05, 3.63) is 59.4 Å². The highest BCUT2D eigenvalue weighted by atomic mass is 19.4. The molecule has 1 aliphatic rings. The number of benzene rings is 1. The third-order valence-corrected chi connectivity index (χ3v) is 5.34. The smallest absolute Gasteiger partial charge is 0.478 e. The van der Waals surface area contributed by atoms with Gasteiger partial charge >= 0.3 is 18.1 Å².